The van der Waals surface area contributed by atoms with Gasteiger partial charge in [-0.3, -0.25) is 9.69 Å². The van der Waals surface area contributed by atoms with Crippen molar-refractivity contribution in [1.29, 1.82) is 0 Å². The highest BCUT2D eigenvalue weighted by Gasteiger charge is 2.59. The molecule has 0 atom stereocenters. The molecular formula is C17H17BrFN3O. The minimum absolute atomic E-state index is 0.101. The molecule has 1 aromatic carbocycles. The molecule has 0 aliphatic carbocycles. The van der Waals surface area contributed by atoms with Gasteiger partial charge >= 0.3 is 0 Å². The third-order valence-electron chi connectivity index (χ3n) is 5.08. The van der Waals surface area contributed by atoms with Crippen LogP contribution in [-0.4, -0.2) is 42.0 Å². The second-order valence-electron chi connectivity index (χ2n) is 6.73. The summed E-state index contributed by atoms with van der Waals surface area (Å²) in [5.41, 5.74) is 1.85. The lowest BCUT2D eigenvalue weighted by Crippen LogP contribution is -2.65. The molecule has 2 aliphatic heterocycles. The molecule has 0 radical (unpaired) electrons. The number of likely N-dealkylation sites (tertiary alicyclic amines) is 1. The van der Waals surface area contributed by atoms with Gasteiger partial charge in [0, 0.05) is 43.2 Å². The number of hydrogen-bond donors (Lipinski definition) is 0. The molecule has 1 saturated heterocycles. The van der Waals surface area contributed by atoms with Crippen molar-refractivity contribution in [1.82, 2.24) is 9.88 Å². The Kier molecular flexibility index (Phi) is 3.09. The number of hydrogen-bond acceptors (Lipinski definition) is 3. The summed E-state index contributed by atoms with van der Waals surface area (Å²) in [6, 6.07) is 5.01. The number of carbonyl (C=O) groups is 1. The smallest absolute Gasteiger partial charge is 0.240 e. The number of halogens is 2. The lowest BCUT2D eigenvalue weighted by atomic mass is 9.73. The molecule has 2 aromatic rings. The topological polar surface area (TPSA) is 36.4 Å². The van der Waals surface area contributed by atoms with E-state index in [1.54, 1.807) is 18.0 Å². The SMILES string of the molecule is CC(C)N1CC2(C1)C(=O)N(C)c1c(Br)nc3cc(F)ccc3c12. The van der Waals surface area contributed by atoms with E-state index in [1.807, 2.05) is 0 Å². The van der Waals surface area contributed by atoms with E-state index in [9.17, 15) is 9.18 Å². The number of anilines is 1. The summed E-state index contributed by atoms with van der Waals surface area (Å²) in [5.74, 6) is -0.218. The largest absolute Gasteiger partial charge is 0.312 e. The molecule has 1 aromatic heterocycles. The Bertz CT molecular complexity index is 845. The molecule has 4 nitrogen and oxygen atoms in total. The molecule has 4 rings (SSSR count). The van der Waals surface area contributed by atoms with Crippen LogP contribution in [0, 0.1) is 5.82 Å². The van der Waals surface area contributed by atoms with Crippen LogP contribution in [0.4, 0.5) is 10.1 Å². The summed E-state index contributed by atoms with van der Waals surface area (Å²) < 4.78 is 14.2. The lowest BCUT2D eigenvalue weighted by Gasteiger charge is -2.49. The van der Waals surface area contributed by atoms with Gasteiger partial charge in [-0.25, -0.2) is 9.37 Å². The van der Waals surface area contributed by atoms with Gasteiger partial charge < -0.3 is 4.90 Å². The summed E-state index contributed by atoms with van der Waals surface area (Å²) in [6.07, 6.45) is 0. The van der Waals surface area contributed by atoms with Crippen LogP contribution in [0.3, 0.4) is 0 Å². The maximum absolute atomic E-state index is 13.6. The summed E-state index contributed by atoms with van der Waals surface area (Å²) in [6.45, 7) is 5.66. The first-order valence-electron chi connectivity index (χ1n) is 7.66. The Balaban J connectivity index is 1.99. The van der Waals surface area contributed by atoms with Crippen molar-refractivity contribution in [2.45, 2.75) is 25.3 Å². The highest BCUT2D eigenvalue weighted by molar-refractivity contribution is 9.10. The van der Waals surface area contributed by atoms with Gasteiger partial charge in [-0.1, -0.05) is 0 Å². The van der Waals surface area contributed by atoms with E-state index in [-0.39, 0.29) is 11.7 Å². The summed E-state index contributed by atoms with van der Waals surface area (Å²) in [5, 5.41) is 0.866. The number of likely N-dealkylation sites (N-methyl/N-ethyl adjacent to an activating group) is 1. The highest BCUT2D eigenvalue weighted by atomic mass is 79.9. The van der Waals surface area contributed by atoms with Crippen LogP contribution in [0.5, 0.6) is 0 Å². The van der Waals surface area contributed by atoms with Crippen LogP contribution in [0.2, 0.25) is 0 Å². The van der Waals surface area contributed by atoms with Crippen molar-refractivity contribution in [2.75, 3.05) is 25.0 Å². The van der Waals surface area contributed by atoms with E-state index < -0.39 is 5.41 Å². The van der Waals surface area contributed by atoms with Crippen molar-refractivity contribution in [2.24, 2.45) is 0 Å². The van der Waals surface area contributed by atoms with Gasteiger partial charge in [0.1, 0.15) is 15.8 Å². The quantitative estimate of drug-likeness (QED) is 0.716. The molecule has 3 heterocycles. The average molecular weight is 378 g/mol. The fourth-order valence-corrected chi connectivity index (χ4v) is 4.48. The van der Waals surface area contributed by atoms with Gasteiger partial charge in [-0.15, -0.1) is 0 Å². The minimum Gasteiger partial charge on any atom is -0.312 e. The Morgan fingerprint density at radius 2 is 2.04 bits per heavy atom. The summed E-state index contributed by atoms with van der Waals surface area (Å²) in [7, 11) is 1.79. The number of rotatable bonds is 1. The normalized spacial score (nSPS) is 19.7. The minimum atomic E-state index is -0.532. The van der Waals surface area contributed by atoms with Crippen LogP contribution in [0.15, 0.2) is 22.8 Å². The van der Waals surface area contributed by atoms with Gasteiger partial charge in [-0.2, -0.15) is 0 Å². The number of benzene rings is 1. The van der Waals surface area contributed by atoms with Crippen LogP contribution in [-0.2, 0) is 10.2 Å². The van der Waals surface area contributed by atoms with Crippen molar-refractivity contribution < 1.29 is 9.18 Å². The first-order valence-corrected chi connectivity index (χ1v) is 8.46. The Morgan fingerprint density at radius 3 is 2.70 bits per heavy atom. The molecule has 0 bridgehead atoms. The Morgan fingerprint density at radius 1 is 1.35 bits per heavy atom. The second-order valence-corrected chi connectivity index (χ2v) is 7.48. The predicted molar refractivity (Wildman–Crippen MR) is 91.2 cm³/mol. The van der Waals surface area contributed by atoms with Gasteiger partial charge in [0.2, 0.25) is 5.91 Å². The summed E-state index contributed by atoms with van der Waals surface area (Å²) in [4.78, 5) is 21.4. The van der Waals surface area contributed by atoms with Gasteiger partial charge in [-0.05, 0) is 41.9 Å². The van der Waals surface area contributed by atoms with E-state index in [0.717, 1.165) is 16.6 Å². The van der Waals surface area contributed by atoms with Crippen molar-refractivity contribution in [3.63, 3.8) is 0 Å². The molecular weight excluding hydrogens is 361 g/mol. The van der Waals surface area contributed by atoms with E-state index in [4.69, 9.17) is 0 Å². The molecule has 1 spiro atoms. The lowest BCUT2D eigenvalue weighted by molar-refractivity contribution is -0.130. The first-order chi connectivity index (χ1) is 10.8. The number of carbonyl (C=O) groups excluding carboxylic acids is 1. The molecule has 1 fully saturated rings. The molecule has 0 saturated carbocycles. The maximum atomic E-state index is 13.6. The van der Waals surface area contributed by atoms with Crippen LogP contribution >= 0.6 is 15.9 Å². The third kappa shape index (κ3) is 1.85. The fraction of sp³-hybridized carbons (Fsp3) is 0.412. The number of nitrogens with zero attached hydrogens (tertiary/aromatic N) is 3. The molecule has 0 unspecified atom stereocenters. The van der Waals surface area contributed by atoms with Crippen LogP contribution in [0.25, 0.3) is 10.9 Å². The Labute approximate surface area is 142 Å². The number of fused-ring (bicyclic) bond motifs is 4. The molecule has 1 amide bonds. The first kappa shape index (κ1) is 15.0. The average Bonchev–Trinajstić information content (AvgIpc) is 2.67. The van der Waals surface area contributed by atoms with E-state index in [0.29, 0.717) is 29.3 Å². The van der Waals surface area contributed by atoms with E-state index in [1.165, 1.54) is 12.1 Å². The van der Waals surface area contributed by atoms with Crippen molar-refractivity contribution in [3.05, 3.63) is 34.2 Å². The zero-order valence-electron chi connectivity index (χ0n) is 13.2. The molecule has 2 aliphatic rings. The zero-order valence-corrected chi connectivity index (χ0v) is 14.8. The highest BCUT2D eigenvalue weighted by Crippen LogP contribution is 2.52. The van der Waals surface area contributed by atoms with Crippen LogP contribution < -0.4 is 4.90 Å². The standard InChI is InChI=1S/C17H17BrFN3O/c1-9(2)22-7-17(8-22)13-11-5-4-10(19)6-12(11)20-15(18)14(13)21(3)16(17)23/h4-6,9H,7-8H2,1-3H3. The van der Waals surface area contributed by atoms with Crippen molar-refractivity contribution in [3.8, 4) is 0 Å². The predicted octanol–water partition coefficient (Wildman–Crippen LogP) is 3.07. The van der Waals surface area contributed by atoms with Crippen LogP contribution in [0.1, 0.15) is 19.4 Å². The van der Waals surface area contributed by atoms with Gasteiger partial charge in [0.15, 0.2) is 0 Å². The maximum Gasteiger partial charge on any atom is 0.240 e. The zero-order chi connectivity index (χ0) is 16.5. The number of aromatic nitrogens is 1. The van der Waals surface area contributed by atoms with E-state index in [2.05, 4.69) is 39.7 Å². The van der Waals surface area contributed by atoms with Gasteiger partial charge in [0.25, 0.3) is 0 Å². The summed E-state index contributed by atoms with van der Waals surface area (Å²) >= 11 is 3.47. The second kappa shape index (κ2) is 4.74. The fourth-order valence-electron chi connectivity index (χ4n) is 3.82. The Hall–Kier alpha value is -1.53. The number of amides is 1. The molecule has 23 heavy (non-hydrogen) atoms. The van der Waals surface area contributed by atoms with E-state index >= 15 is 0 Å². The molecule has 6 heteroatoms. The number of pyridine rings is 1. The van der Waals surface area contributed by atoms with Crippen molar-refractivity contribution >= 4 is 38.4 Å². The monoisotopic (exact) mass is 377 g/mol. The molecule has 120 valence electrons. The van der Waals surface area contributed by atoms with Gasteiger partial charge in [0.05, 0.1) is 11.2 Å². The third-order valence-corrected chi connectivity index (χ3v) is 5.64. The molecule has 0 N–H and O–H groups in total.